The number of nitrogens with one attached hydrogen (secondary N) is 1. The van der Waals surface area contributed by atoms with Crippen molar-refractivity contribution < 1.29 is 4.79 Å². The average molecular weight is 272 g/mol. The van der Waals surface area contributed by atoms with Gasteiger partial charge in [-0.3, -0.25) is 4.79 Å². The number of hydrogen-bond donors (Lipinski definition) is 2. The molecule has 0 aliphatic rings. The molecule has 3 N–H and O–H groups in total. The first-order valence-electron chi connectivity index (χ1n) is 5.93. The van der Waals surface area contributed by atoms with Gasteiger partial charge < -0.3 is 11.1 Å². The maximum atomic E-state index is 12.2. The molecule has 19 heavy (non-hydrogen) atoms. The highest BCUT2D eigenvalue weighted by Gasteiger charge is 2.22. The van der Waals surface area contributed by atoms with Crippen LogP contribution in [0, 0.1) is 19.3 Å². The molecule has 0 unspecified atom stereocenters. The number of anilines is 1. The Balaban J connectivity index is 2.47. The van der Waals surface area contributed by atoms with Crippen molar-refractivity contribution in [1.82, 2.24) is 5.32 Å². The van der Waals surface area contributed by atoms with Crippen molar-refractivity contribution in [1.29, 1.82) is 0 Å². The Labute approximate surface area is 116 Å². The van der Waals surface area contributed by atoms with Crippen LogP contribution in [0.2, 0.25) is 0 Å². The lowest BCUT2D eigenvalue weighted by Crippen LogP contribution is -2.41. The van der Waals surface area contributed by atoms with E-state index < -0.39 is 5.54 Å². The van der Waals surface area contributed by atoms with Crippen LogP contribution in [0.4, 0.5) is 5.69 Å². The van der Waals surface area contributed by atoms with Crippen LogP contribution in [0.15, 0.2) is 18.2 Å². The summed E-state index contributed by atoms with van der Waals surface area (Å²) >= 11 is 1.40. The van der Waals surface area contributed by atoms with E-state index in [-0.39, 0.29) is 5.91 Å². The van der Waals surface area contributed by atoms with E-state index >= 15 is 0 Å². The monoisotopic (exact) mass is 272 g/mol. The van der Waals surface area contributed by atoms with Gasteiger partial charge in [0.25, 0.3) is 5.91 Å². The van der Waals surface area contributed by atoms with Crippen LogP contribution < -0.4 is 11.1 Å². The number of benzene rings is 1. The van der Waals surface area contributed by atoms with E-state index in [1.54, 1.807) is 13.8 Å². The van der Waals surface area contributed by atoms with Crippen molar-refractivity contribution in [3.63, 3.8) is 0 Å². The Morgan fingerprint density at radius 1 is 1.47 bits per heavy atom. The summed E-state index contributed by atoms with van der Waals surface area (Å²) in [7, 11) is 0. The zero-order valence-electron chi connectivity index (χ0n) is 11.2. The summed E-state index contributed by atoms with van der Waals surface area (Å²) in [5.41, 5.74) is 7.02. The van der Waals surface area contributed by atoms with Crippen molar-refractivity contribution in [3.05, 3.63) is 28.6 Å². The van der Waals surface area contributed by atoms with E-state index in [9.17, 15) is 4.79 Å². The number of hydrogen-bond acceptors (Lipinski definition) is 3. The predicted molar refractivity (Wildman–Crippen MR) is 81.4 cm³/mol. The molecular weight excluding hydrogens is 256 g/mol. The number of rotatable bonds is 2. The smallest absolute Gasteiger partial charge is 0.264 e. The Morgan fingerprint density at radius 3 is 2.74 bits per heavy atom. The minimum Gasteiger partial charge on any atom is -0.397 e. The number of aryl methyl sites for hydroxylation is 1. The molecule has 0 aliphatic carbocycles. The van der Waals surface area contributed by atoms with Crippen LogP contribution in [0.5, 0.6) is 0 Å². The molecule has 98 valence electrons. The second kappa shape index (κ2) is 4.60. The van der Waals surface area contributed by atoms with Gasteiger partial charge in [0.2, 0.25) is 0 Å². The van der Waals surface area contributed by atoms with Crippen molar-refractivity contribution in [2.75, 3.05) is 5.73 Å². The number of terminal acetylenes is 1. The number of fused-ring (bicyclic) bond motifs is 1. The predicted octanol–water partition coefficient (Wildman–Crippen LogP) is 2.93. The van der Waals surface area contributed by atoms with Gasteiger partial charge in [0.15, 0.2) is 0 Å². The van der Waals surface area contributed by atoms with Crippen LogP contribution in [0.3, 0.4) is 0 Å². The van der Waals surface area contributed by atoms with E-state index in [0.717, 1.165) is 15.6 Å². The molecule has 2 rings (SSSR count). The number of carbonyl (C=O) groups is 1. The summed E-state index contributed by atoms with van der Waals surface area (Å²) in [5.74, 6) is 2.32. The highest BCUT2D eigenvalue weighted by Crippen LogP contribution is 2.35. The summed E-state index contributed by atoms with van der Waals surface area (Å²) in [6.07, 6.45) is 5.38. The third-order valence-electron chi connectivity index (χ3n) is 2.94. The number of nitrogen functional groups attached to an aromatic ring is 1. The Morgan fingerprint density at radius 2 is 2.16 bits per heavy atom. The minimum absolute atomic E-state index is 0.221. The number of thiophene rings is 1. The maximum Gasteiger partial charge on any atom is 0.264 e. The molecule has 1 aromatic carbocycles. The van der Waals surface area contributed by atoms with E-state index in [0.29, 0.717) is 10.6 Å². The van der Waals surface area contributed by atoms with E-state index in [4.69, 9.17) is 12.2 Å². The number of nitrogens with two attached hydrogens (primary N) is 1. The largest absolute Gasteiger partial charge is 0.397 e. The van der Waals surface area contributed by atoms with Crippen LogP contribution in [-0.2, 0) is 0 Å². The van der Waals surface area contributed by atoms with E-state index in [1.165, 1.54) is 11.3 Å². The molecule has 0 radical (unpaired) electrons. The molecule has 1 heterocycles. The molecule has 0 atom stereocenters. The van der Waals surface area contributed by atoms with Gasteiger partial charge in [-0.25, -0.2) is 0 Å². The minimum atomic E-state index is -0.686. The average Bonchev–Trinajstić information content (AvgIpc) is 2.68. The van der Waals surface area contributed by atoms with Gasteiger partial charge in [-0.15, -0.1) is 17.8 Å². The Kier molecular flexibility index (Phi) is 3.25. The summed E-state index contributed by atoms with van der Waals surface area (Å²) in [6.45, 7) is 5.56. The Bertz CT molecular complexity index is 692. The zero-order chi connectivity index (χ0) is 14.2. The lowest BCUT2D eigenvalue weighted by molar-refractivity contribution is 0.0935. The van der Waals surface area contributed by atoms with Gasteiger partial charge >= 0.3 is 0 Å². The lowest BCUT2D eigenvalue weighted by Gasteiger charge is -2.19. The molecule has 0 saturated carbocycles. The zero-order valence-corrected chi connectivity index (χ0v) is 12.0. The van der Waals surface area contributed by atoms with Crippen LogP contribution in [0.25, 0.3) is 10.1 Å². The SMILES string of the molecule is C#CC(C)(C)NC(=O)c1sc2c(C)cccc2c1N. The second-order valence-corrected chi connectivity index (χ2v) is 6.04. The molecule has 0 bridgehead atoms. The van der Waals surface area contributed by atoms with Crippen LogP contribution in [0.1, 0.15) is 29.1 Å². The standard InChI is InChI=1S/C15H16N2OS/c1-5-15(3,4)17-14(18)13-11(16)10-8-6-7-9(2)12(10)19-13/h1,6-8H,16H2,2-4H3,(H,17,18). The molecular formula is C15H16N2OS. The quantitative estimate of drug-likeness (QED) is 0.826. The van der Waals surface area contributed by atoms with E-state index in [2.05, 4.69) is 11.2 Å². The molecule has 0 fully saturated rings. The van der Waals surface area contributed by atoms with E-state index in [1.807, 2.05) is 25.1 Å². The van der Waals surface area contributed by atoms with Crippen molar-refractivity contribution in [2.24, 2.45) is 0 Å². The molecule has 0 saturated heterocycles. The molecule has 0 spiro atoms. The van der Waals surface area contributed by atoms with Gasteiger partial charge in [-0.1, -0.05) is 24.1 Å². The molecule has 0 aliphatic heterocycles. The summed E-state index contributed by atoms with van der Waals surface area (Å²) < 4.78 is 1.05. The summed E-state index contributed by atoms with van der Waals surface area (Å²) in [6, 6.07) is 5.87. The molecule has 3 nitrogen and oxygen atoms in total. The van der Waals surface area contributed by atoms with Gasteiger partial charge in [0, 0.05) is 10.1 Å². The maximum absolute atomic E-state index is 12.2. The van der Waals surface area contributed by atoms with Gasteiger partial charge in [-0.05, 0) is 26.3 Å². The summed E-state index contributed by atoms with van der Waals surface area (Å²) in [5, 5.41) is 3.72. The first-order valence-corrected chi connectivity index (χ1v) is 6.75. The highest BCUT2D eigenvalue weighted by molar-refractivity contribution is 7.21. The van der Waals surface area contributed by atoms with Crippen molar-refractivity contribution in [2.45, 2.75) is 26.3 Å². The highest BCUT2D eigenvalue weighted by atomic mass is 32.1. The van der Waals surface area contributed by atoms with Crippen molar-refractivity contribution in [3.8, 4) is 12.3 Å². The second-order valence-electron chi connectivity index (χ2n) is 5.02. The van der Waals surface area contributed by atoms with Gasteiger partial charge in [0.1, 0.15) is 4.88 Å². The van der Waals surface area contributed by atoms with Crippen LogP contribution in [-0.4, -0.2) is 11.4 Å². The third kappa shape index (κ3) is 2.42. The molecule has 1 amide bonds. The first kappa shape index (κ1) is 13.4. The topological polar surface area (TPSA) is 55.1 Å². The first-order chi connectivity index (χ1) is 8.85. The Hall–Kier alpha value is -1.99. The van der Waals surface area contributed by atoms with Gasteiger partial charge in [0.05, 0.1) is 11.2 Å². The fraction of sp³-hybridized carbons (Fsp3) is 0.267. The van der Waals surface area contributed by atoms with Gasteiger partial charge in [-0.2, -0.15) is 0 Å². The lowest BCUT2D eigenvalue weighted by atomic mass is 10.1. The normalized spacial score (nSPS) is 11.3. The fourth-order valence-electron chi connectivity index (χ4n) is 1.82. The third-order valence-corrected chi connectivity index (χ3v) is 4.30. The molecule has 1 aromatic heterocycles. The fourth-order valence-corrected chi connectivity index (χ4v) is 2.91. The van der Waals surface area contributed by atoms with Crippen LogP contribution >= 0.6 is 11.3 Å². The molecule has 4 heteroatoms. The summed E-state index contributed by atoms with van der Waals surface area (Å²) in [4.78, 5) is 12.8. The molecule has 2 aromatic rings. The van der Waals surface area contributed by atoms with Crippen molar-refractivity contribution >= 4 is 33.0 Å². The number of carbonyl (C=O) groups excluding carboxylic acids is 1. The number of amides is 1.